The predicted molar refractivity (Wildman–Crippen MR) is 114 cm³/mol. The Morgan fingerprint density at radius 3 is 2.79 bits per heavy atom. The molecule has 1 aliphatic heterocycles. The molecule has 1 aromatic carbocycles. The van der Waals surface area contributed by atoms with Gasteiger partial charge in [0.25, 0.3) is 5.91 Å². The second-order valence-electron chi connectivity index (χ2n) is 6.76. The van der Waals surface area contributed by atoms with Gasteiger partial charge in [-0.25, -0.2) is 4.98 Å². The van der Waals surface area contributed by atoms with Gasteiger partial charge < -0.3 is 14.4 Å². The van der Waals surface area contributed by atoms with E-state index in [1.165, 1.54) is 16.2 Å². The van der Waals surface area contributed by atoms with Gasteiger partial charge in [0.15, 0.2) is 16.6 Å². The number of carbonyl (C=O) groups excluding carboxylic acids is 1. The first-order valence-electron chi connectivity index (χ1n) is 9.12. The lowest BCUT2D eigenvalue weighted by Gasteiger charge is -2.19. The van der Waals surface area contributed by atoms with E-state index in [1.807, 2.05) is 35.7 Å². The summed E-state index contributed by atoms with van der Waals surface area (Å²) in [7, 11) is 4.15. The van der Waals surface area contributed by atoms with Crippen LogP contribution in [0.15, 0.2) is 35.7 Å². The Bertz CT molecular complexity index is 953. The topological polar surface area (TPSA) is 56.1 Å². The Kier molecular flexibility index (Phi) is 5.61. The minimum atomic E-state index is -0.0639. The molecule has 1 N–H and O–H groups in total. The average Bonchev–Trinajstić information content (AvgIpc) is 3.33. The van der Waals surface area contributed by atoms with Crippen molar-refractivity contribution in [1.82, 2.24) is 4.98 Å². The second kappa shape index (κ2) is 8.30. The maximum Gasteiger partial charge on any atom is 0.253 e. The van der Waals surface area contributed by atoms with Crippen molar-refractivity contribution in [2.75, 3.05) is 45.3 Å². The summed E-state index contributed by atoms with van der Waals surface area (Å²) in [5.74, 6) is 1.39. The molecule has 6 nitrogen and oxygen atoms in total. The molecule has 4 rings (SSSR count). The minimum absolute atomic E-state index is 0.0639. The van der Waals surface area contributed by atoms with E-state index >= 15 is 0 Å². The second-order valence-corrected chi connectivity index (χ2v) is 8.74. The first kappa shape index (κ1) is 18.9. The van der Waals surface area contributed by atoms with E-state index in [0.717, 1.165) is 27.4 Å². The number of anilines is 1. The van der Waals surface area contributed by atoms with E-state index in [1.54, 1.807) is 22.3 Å². The van der Waals surface area contributed by atoms with E-state index in [2.05, 4.69) is 14.1 Å². The van der Waals surface area contributed by atoms with Crippen LogP contribution in [0.3, 0.4) is 0 Å². The zero-order valence-corrected chi connectivity index (χ0v) is 17.4. The molecule has 0 saturated heterocycles. The highest BCUT2D eigenvalue weighted by Gasteiger charge is 2.21. The van der Waals surface area contributed by atoms with Gasteiger partial charge in [0.1, 0.15) is 13.2 Å². The van der Waals surface area contributed by atoms with Gasteiger partial charge in [0.05, 0.1) is 37.4 Å². The van der Waals surface area contributed by atoms with E-state index < -0.39 is 0 Å². The lowest BCUT2D eigenvalue weighted by molar-refractivity contribution is -0.856. The van der Waals surface area contributed by atoms with Crippen LogP contribution < -0.4 is 19.3 Å². The summed E-state index contributed by atoms with van der Waals surface area (Å²) in [5.41, 5.74) is 0.821. The molecule has 0 bridgehead atoms. The number of quaternary nitrogens is 1. The molecule has 3 aromatic rings. The van der Waals surface area contributed by atoms with Crippen LogP contribution in [0, 0.1) is 0 Å². The summed E-state index contributed by atoms with van der Waals surface area (Å²) < 4.78 is 12.3. The fraction of sp³-hybridized carbons (Fsp3) is 0.300. The molecule has 0 spiro atoms. The van der Waals surface area contributed by atoms with Gasteiger partial charge in [-0.15, -0.1) is 11.3 Å². The highest BCUT2D eigenvalue weighted by molar-refractivity contribution is 7.22. The SMILES string of the molecule is C[NH+](C)CCN(C(=O)/C=C/c1cccs1)c1nc2cc3c(cc2s1)OCCO3. The van der Waals surface area contributed by atoms with Crippen LogP contribution in [-0.2, 0) is 4.79 Å². The molecule has 146 valence electrons. The van der Waals surface area contributed by atoms with Crippen LogP contribution >= 0.6 is 22.7 Å². The van der Waals surface area contributed by atoms with Crippen LogP contribution in [-0.4, -0.2) is 51.3 Å². The van der Waals surface area contributed by atoms with Gasteiger partial charge in [-0.1, -0.05) is 17.4 Å². The van der Waals surface area contributed by atoms with Crippen molar-refractivity contribution < 1.29 is 19.2 Å². The first-order chi connectivity index (χ1) is 13.6. The molecular formula is C20H22N3O3S2+. The molecule has 0 unspecified atom stereocenters. The summed E-state index contributed by atoms with van der Waals surface area (Å²) in [6.07, 6.45) is 3.48. The molecular weight excluding hydrogens is 394 g/mol. The van der Waals surface area contributed by atoms with Gasteiger partial charge in [-0.3, -0.25) is 9.69 Å². The van der Waals surface area contributed by atoms with Crippen molar-refractivity contribution in [2.24, 2.45) is 0 Å². The third-order valence-electron chi connectivity index (χ3n) is 4.31. The lowest BCUT2D eigenvalue weighted by Crippen LogP contribution is -3.06. The summed E-state index contributed by atoms with van der Waals surface area (Å²) in [5, 5.41) is 2.69. The monoisotopic (exact) mass is 416 g/mol. The van der Waals surface area contributed by atoms with Gasteiger partial charge in [-0.05, 0) is 17.5 Å². The number of ether oxygens (including phenoxy) is 2. The molecule has 3 heterocycles. The van der Waals surface area contributed by atoms with Crippen molar-refractivity contribution >= 4 is 50.0 Å². The van der Waals surface area contributed by atoms with Crippen molar-refractivity contribution in [3.8, 4) is 11.5 Å². The fourth-order valence-electron chi connectivity index (χ4n) is 2.83. The van der Waals surface area contributed by atoms with E-state index in [9.17, 15) is 4.79 Å². The molecule has 1 amide bonds. The summed E-state index contributed by atoms with van der Waals surface area (Å²) >= 11 is 3.11. The smallest absolute Gasteiger partial charge is 0.253 e. The molecule has 0 fully saturated rings. The van der Waals surface area contributed by atoms with Crippen molar-refractivity contribution in [2.45, 2.75) is 0 Å². The number of carbonyl (C=O) groups is 1. The number of thiazole rings is 1. The fourth-order valence-corrected chi connectivity index (χ4v) is 4.46. The minimum Gasteiger partial charge on any atom is -0.486 e. The molecule has 0 aliphatic carbocycles. The number of fused-ring (bicyclic) bond motifs is 2. The number of rotatable bonds is 6. The predicted octanol–water partition coefficient (Wildman–Crippen LogP) is 2.32. The van der Waals surface area contributed by atoms with Crippen molar-refractivity contribution in [3.63, 3.8) is 0 Å². The number of benzene rings is 1. The largest absolute Gasteiger partial charge is 0.486 e. The third kappa shape index (κ3) is 4.19. The van der Waals surface area contributed by atoms with Crippen molar-refractivity contribution in [1.29, 1.82) is 0 Å². The quantitative estimate of drug-likeness (QED) is 0.627. The zero-order valence-electron chi connectivity index (χ0n) is 15.8. The highest BCUT2D eigenvalue weighted by Crippen LogP contribution is 2.38. The molecule has 0 radical (unpaired) electrons. The number of aromatic nitrogens is 1. The molecule has 2 aromatic heterocycles. The number of hydrogen-bond acceptors (Lipinski definition) is 6. The van der Waals surface area contributed by atoms with Gasteiger partial charge in [0, 0.05) is 23.1 Å². The number of amides is 1. The normalized spacial score (nSPS) is 13.5. The number of nitrogens with one attached hydrogen (secondary N) is 1. The summed E-state index contributed by atoms with van der Waals surface area (Å²) in [6, 6.07) is 7.81. The van der Waals surface area contributed by atoms with Crippen LogP contribution in [0.5, 0.6) is 11.5 Å². The molecule has 28 heavy (non-hydrogen) atoms. The van der Waals surface area contributed by atoms with E-state index in [0.29, 0.717) is 30.6 Å². The molecule has 0 atom stereocenters. The van der Waals surface area contributed by atoms with Gasteiger partial charge in [-0.2, -0.15) is 0 Å². The zero-order chi connectivity index (χ0) is 19.5. The van der Waals surface area contributed by atoms with E-state index in [-0.39, 0.29) is 5.91 Å². The average molecular weight is 417 g/mol. The van der Waals surface area contributed by atoms with Crippen LogP contribution in [0.25, 0.3) is 16.3 Å². The molecule has 8 heteroatoms. The first-order valence-corrected chi connectivity index (χ1v) is 10.8. The maximum absolute atomic E-state index is 12.9. The third-order valence-corrected chi connectivity index (χ3v) is 6.19. The Hall–Kier alpha value is -2.42. The van der Waals surface area contributed by atoms with Crippen LogP contribution in [0.4, 0.5) is 5.13 Å². The van der Waals surface area contributed by atoms with Gasteiger partial charge >= 0.3 is 0 Å². The Morgan fingerprint density at radius 2 is 2.07 bits per heavy atom. The van der Waals surface area contributed by atoms with Crippen molar-refractivity contribution in [3.05, 3.63) is 40.6 Å². The Morgan fingerprint density at radius 1 is 1.29 bits per heavy atom. The summed E-state index contributed by atoms with van der Waals surface area (Å²) in [4.78, 5) is 21.7. The highest BCUT2D eigenvalue weighted by atomic mass is 32.1. The number of thiophene rings is 1. The number of nitrogens with zero attached hydrogens (tertiary/aromatic N) is 2. The number of hydrogen-bond donors (Lipinski definition) is 1. The van der Waals surface area contributed by atoms with Crippen LogP contribution in [0.2, 0.25) is 0 Å². The Balaban J connectivity index is 1.64. The lowest BCUT2D eigenvalue weighted by atomic mass is 10.3. The standard InChI is InChI=1S/C20H21N3O3S2/c1-22(2)7-8-23(19(24)6-5-14-4-3-11-27-14)20-21-15-12-16-17(13-18(15)28-20)26-10-9-25-16/h3-6,11-13H,7-10H2,1-2H3/p+1/b6-5+. The summed E-state index contributed by atoms with van der Waals surface area (Å²) in [6.45, 7) is 2.52. The molecule has 1 aliphatic rings. The molecule has 0 saturated carbocycles. The van der Waals surface area contributed by atoms with E-state index in [4.69, 9.17) is 14.5 Å². The Labute approximate surface area is 171 Å². The van der Waals surface area contributed by atoms with Gasteiger partial charge in [0.2, 0.25) is 0 Å². The maximum atomic E-state index is 12.9. The van der Waals surface area contributed by atoms with Crippen LogP contribution in [0.1, 0.15) is 4.88 Å². The number of likely N-dealkylation sites (N-methyl/N-ethyl adjacent to an activating group) is 1.